The van der Waals surface area contributed by atoms with Crippen molar-refractivity contribution < 1.29 is 26.4 Å². The van der Waals surface area contributed by atoms with Gasteiger partial charge in [0.2, 0.25) is 15.9 Å². The third-order valence-corrected chi connectivity index (χ3v) is 9.20. The summed E-state index contributed by atoms with van der Waals surface area (Å²) in [7, 11) is -2.35. The highest BCUT2D eigenvalue weighted by atomic mass is 35.5. The van der Waals surface area contributed by atoms with Gasteiger partial charge in [0.15, 0.2) is 6.04 Å². The monoisotopic (exact) mass is 576 g/mol. The second-order valence-electron chi connectivity index (χ2n) is 10.5. The molecule has 37 heavy (non-hydrogen) atoms. The number of pyridine rings is 1. The Hall–Kier alpha value is -2.08. The second-order valence-corrected chi connectivity index (χ2v) is 13.1. The van der Waals surface area contributed by atoms with Crippen molar-refractivity contribution in [1.29, 1.82) is 0 Å². The number of aromatic nitrogens is 1. The average molecular weight is 577 g/mol. The highest BCUT2D eigenvalue weighted by Gasteiger charge is 2.73. The first-order valence-corrected chi connectivity index (χ1v) is 14.3. The molecule has 1 aromatic heterocycles. The van der Waals surface area contributed by atoms with Crippen molar-refractivity contribution in [3.05, 3.63) is 57.3 Å². The number of rotatable bonds is 7. The zero-order chi connectivity index (χ0) is 27.0. The van der Waals surface area contributed by atoms with E-state index >= 15 is 0 Å². The lowest BCUT2D eigenvalue weighted by molar-refractivity contribution is -0.213. The molecule has 2 atom stereocenters. The van der Waals surface area contributed by atoms with E-state index in [4.69, 9.17) is 23.2 Å². The number of carbonyl (C=O) groups is 1. The Morgan fingerprint density at radius 1 is 1.16 bits per heavy atom. The van der Waals surface area contributed by atoms with Crippen molar-refractivity contribution in [1.82, 2.24) is 14.6 Å². The zero-order valence-corrected chi connectivity index (χ0v) is 22.3. The molecule has 1 heterocycles. The molecule has 2 unspecified atom stereocenters. The maximum atomic E-state index is 14.1. The quantitative estimate of drug-likeness (QED) is 0.506. The Morgan fingerprint density at radius 2 is 1.84 bits per heavy atom. The number of halogens is 5. The van der Waals surface area contributed by atoms with Gasteiger partial charge in [-0.25, -0.2) is 13.1 Å². The molecule has 3 saturated carbocycles. The first kappa shape index (κ1) is 26.5. The summed E-state index contributed by atoms with van der Waals surface area (Å²) in [6.45, 7) is 0. The van der Waals surface area contributed by atoms with Gasteiger partial charge in [0, 0.05) is 18.6 Å². The summed E-state index contributed by atoms with van der Waals surface area (Å²) >= 11 is 12.4. The first-order chi connectivity index (χ1) is 17.1. The smallest absolute Gasteiger partial charge is 0.380 e. The lowest BCUT2D eigenvalue weighted by Crippen LogP contribution is -2.78. The number of hydrogen-bond donors (Lipinski definition) is 2. The van der Waals surface area contributed by atoms with Crippen LogP contribution in [0.4, 0.5) is 18.9 Å². The molecule has 0 radical (unpaired) electrons. The molecule has 0 saturated heterocycles. The van der Waals surface area contributed by atoms with Crippen LogP contribution in [0.25, 0.3) is 0 Å². The standard InChI is InChI=1S/C24H25Cl2F3N4O3S/c1-33(21(34)22-10-23(11-22,12-22)32-37(2,35)36)20(24(27,28)29)18-6-4-14(9-30-18)31-15-7-13-3-5-17(25)19(26)16(13)8-15/h3-6,9,15,20,31-32H,7-8,10-12H2,1-2H3. The van der Waals surface area contributed by atoms with Gasteiger partial charge in [-0.15, -0.1) is 0 Å². The van der Waals surface area contributed by atoms with Gasteiger partial charge in [-0.1, -0.05) is 29.3 Å². The van der Waals surface area contributed by atoms with E-state index in [2.05, 4.69) is 15.0 Å². The number of amides is 1. The maximum absolute atomic E-state index is 14.1. The molecule has 3 fully saturated rings. The molecule has 1 amide bonds. The molecule has 7 nitrogen and oxygen atoms in total. The molecular formula is C24H25Cl2F3N4O3S. The minimum Gasteiger partial charge on any atom is -0.380 e. The van der Waals surface area contributed by atoms with Gasteiger partial charge in [0.1, 0.15) is 0 Å². The number of anilines is 1. The number of alkyl halides is 3. The number of nitrogens with zero attached hydrogens (tertiary/aromatic N) is 2. The van der Waals surface area contributed by atoms with Crippen molar-refractivity contribution >= 4 is 44.8 Å². The Labute approximate surface area is 222 Å². The van der Waals surface area contributed by atoms with Crippen molar-refractivity contribution in [2.45, 2.75) is 55.9 Å². The van der Waals surface area contributed by atoms with Crippen LogP contribution < -0.4 is 10.0 Å². The van der Waals surface area contributed by atoms with E-state index in [0.29, 0.717) is 33.5 Å². The minimum absolute atomic E-state index is 0.0153. The van der Waals surface area contributed by atoms with Gasteiger partial charge in [-0.3, -0.25) is 9.78 Å². The predicted molar refractivity (Wildman–Crippen MR) is 134 cm³/mol. The molecule has 4 aliphatic carbocycles. The molecule has 1 aromatic carbocycles. The van der Waals surface area contributed by atoms with E-state index in [9.17, 15) is 26.4 Å². The number of benzene rings is 1. The predicted octanol–water partition coefficient (Wildman–Crippen LogP) is 4.50. The number of hydrogen-bond acceptors (Lipinski definition) is 5. The molecule has 13 heteroatoms. The molecule has 2 N–H and O–H groups in total. The van der Waals surface area contributed by atoms with E-state index in [1.54, 1.807) is 6.07 Å². The summed E-state index contributed by atoms with van der Waals surface area (Å²) in [5.41, 5.74) is 0.574. The highest BCUT2D eigenvalue weighted by molar-refractivity contribution is 7.88. The summed E-state index contributed by atoms with van der Waals surface area (Å²) in [6, 6.07) is 4.20. The molecule has 4 aliphatic rings. The van der Waals surface area contributed by atoms with Crippen LogP contribution in [0.5, 0.6) is 0 Å². The van der Waals surface area contributed by atoms with E-state index in [1.807, 2.05) is 6.07 Å². The van der Waals surface area contributed by atoms with E-state index in [1.165, 1.54) is 18.3 Å². The van der Waals surface area contributed by atoms with Crippen molar-refractivity contribution in [2.75, 3.05) is 18.6 Å². The number of sulfonamides is 1. The van der Waals surface area contributed by atoms with Gasteiger partial charge < -0.3 is 10.2 Å². The Morgan fingerprint density at radius 3 is 2.41 bits per heavy atom. The summed E-state index contributed by atoms with van der Waals surface area (Å²) in [5.74, 6) is -0.657. The normalized spacial score (nSPS) is 27.1. The lowest BCUT2D eigenvalue weighted by atomic mass is 9.39. The fraction of sp³-hybridized carbons (Fsp3) is 0.500. The summed E-state index contributed by atoms with van der Waals surface area (Å²) in [6.07, 6.45) is -0.515. The number of nitrogens with one attached hydrogen (secondary N) is 2. The number of carbonyl (C=O) groups excluding carboxylic acids is 1. The average Bonchev–Trinajstić information content (AvgIpc) is 3.15. The molecule has 0 aliphatic heterocycles. The lowest BCUT2D eigenvalue weighted by Gasteiger charge is -2.69. The van der Waals surface area contributed by atoms with Crippen LogP contribution >= 0.6 is 23.2 Å². The molecule has 6 rings (SSSR count). The third-order valence-electron chi connectivity index (χ3n) is 7.55. The van der Waals surface area contributed by atoms with E-state index in [0.717, 1.165) is 24.4 Å². The van der Waals surface area contributed by atoms with Crippen LogP contribution in [0.3, 0.4) is 0 Å². The van der Waals surface area contributed by atoms with Crippen LogP contribution in [0.15, 0.2) is 30.5 Å². The van der Waals surface area contributed by atoms with Crippen LogP contribution in [-0.2, 0) is 27.7 Å². The van der Waals surface area contributed by atoms with Crippen LogP contribution in [-0.4, -0.2) is 55.3 Å². The fourth-order valence-electron chi connectivity index (χ4n) is 6.21. The maximum Gasteiger partial charge on any atom is 0.414 e. The Bertz CT molecular complexity index is 1350. The fourth-order valence-corrected chi connectivity index (χ4v) is 7.65. The first-order valence-electron chi connectivity index (χ1n) is 11.6. The van der Waals surface area contributed by atoms with Crippen molar-refractivity contribution in [2.24, 2.45) is 5.41 Å². The van der Waals surface area contributed by atoms with E-state index in [-0.39, 0.29) is 31.0 Å². The van der Waals surface area contributed by atoms with E-state index < -0.39 is 39.1 Å². The summed E-state index contributed by atoms with van der Waals surface area (Å²) in [4.78, 5) is 17.8. The molecule has 200 valence electrons. The van der Waals surface area contributed by atoms with Gasteiger partial charge in [-0.2, -0.15) is 13.2 Å². The molecular weight excluding hydrogens is 552 g/mol. The van der Waals surface area contributed by atoms with Crippen LogP contribution in [0, 0.1) is 5.41 Å². The largest absolute Gasteiger partial charge is 0.414 e. The van der Waals surface area contributed by atoms with Gasteiger partial charge in [-0.05, 0) is 61.4 Å². The zero-order valence-electron chi connectivity index (χ0n) is 20.0. The molecule has 2 bridgehead atoms. The van der Waals surface area contributed by atoms with Crippen molar-refractivity contribution in [3.8, 4) is 0 Å². The second kappa shape index (κ2) is 8.72. The van der Waals surface area contributed by atoms with Gasteiger partial charge >= 0.3 is 6.18 Å². The topological polar surface area (TPSA) is 91.4 Å². The summed E-state index contributed by atoms with van der Waals surface area (Å²) in [5, 5.41) is 4.27. The van der Waals surface area contributed by atoms with Gasteiger partial charge in [0.05, 0.1) is 39.3 Å². The number of fused-ring (bicyclic) bond motifs is 1. The highest BCUT2D eigenvalue weighted by Crippen LogP contribution is 2.68. The minimum atomic E-state index is -4.75. The third kappa shape index (κ3) is 4.79. The van der Waals surface area contributed by atoms with Gasteiger partial charge in [0.25, 0.3) is 0 Å². The van der Waals surface area contributed by atoms with Crippen molar-refractivity contribution in [3.63, 3.8) is 0 Å². The molecule has 2 aromatic rings. The van der Waals surface area contributed by atoms with Crippen LogP contribution in [0.1, 0.15) is 42.1 Å². The Kier molecular flexibility index (Phi) is 6.25. The Balaban J connectivity index is 1.27. The summed E-state index contributed by atoms with van der Waals surface area (Å²) < 4.78 is 67.9. The molecule has 0 spiro atoms. The van der Waals surface area contributed by atoms with Crippen LogP contribution in [0.2, 0.25) is 10.0 Å². The SMILES string of the molecule is CN(C(=O)C12CC(NS(C)(=O)=O)(C1)C2)C(c1ccc(NC2Cc3ccc(Cl)c(Cl)c3C2)cn1)C(F)(F)F.